The molecule has 0 unspecified atom stereocenters. The summed E-state index contributed by atoms with van der Waals surface area (Å²) in [5.74, 6) is 1.74. The third kappa shape index (κ3) is 2.34. The van der Waals surface area contributed by atoms with Crippen molar-refractivity contribution < 1.29 is 9.59 Å². The van der Waals surface area contributed by atoms with Crippen molar-refractivity contribution in [1.82, 2.24) is 14.7 Å². The van der Waals surface area contributed by atoms with E-state index in [0.717, 1.165) is 45.6 Å². The molecule has 1 spiro atoms. The normalized spacial score (nSPS) is 31.4. The maximum Gasteiger partial charge on any atom is 0.227 e. The Kier molecular flexibility index (Phi) is 3.96. The van der Waals surface area contributed by atoms with Gasteiger partial charge in [-0.15, -0.1) is 0 Å². The van der Waals surface area contributed by atoms with E-state index in [-0.39, 0.29) is 17.4 Å². The second-order valence-corrected chi connectivity index (χ2v) is 7.83. The average molecular weight is 307 g/mol. The van der Waals surface area contributed by atoms with Gasteiger partial charge in [0, 0.05) is 52.6 Å². The van der Waals surface area contributed by atoms with Crippen molar-refractivity contribution in [2.45, 2.75) is 39.2 Å². The molecule has 3 heterocycles. The lowest BCUT2D eigenvalue weighted by Crippen LogP contribution is -2.56. The summed E-state index contributed by atoms with van der Waals surface area (Å²) in [7, 11) is 1.98. The van der Waals surface area contributed by atoms with Crippen LogP contribution in [-0.2, 0) is 9.59 Å². The third-order valence-corrected chi connectivity index (χ3v) is 6.10. The van der Waals surface area contributed by atoms with Crippen LogP contribution in [0.15, 0.2) is 0 Å². The van der Waals surface area contributed by atoms with Crippen molar-refractivity contribution in [1.29, 1.82) is 0 Å². The first-order valence-electron chi connectivity index (χ1n) is 8.60. The lowest BCUT2D eigenvalue weighted by atomic mass is 9.75. The summed E-state index contributed by atoms with van der Waals surface area (Å²) in [6, 6.07) is 0. The zero-order valence-corrected chi connectivity index (χ0v) is 14.3. The smallest absolute Gasteiger partial charge is 0.227 e. The van der Waals surface area contributed by atoms with Crippen LogP contribution in [0.1, 0.15) is 33.6 Å². The first-order chi connectivity index (χ1) is 10.3. The Labute approximate surface area is 133 Å². The molecule has 0 bridgehead atoms. The van der Waals surface area contributed by atoms with E-state index in [0.29, 0.717) is 17.7 Å². The number of fused-ring (bicyclic) bond motifs is 2. The van der Waals surface area contributed by atoms with E-state index in [1.807, 2.05) is 16.8 Å². The maximum absolute atomic E-state index is 12.7. The molecule has 0 aliphatic carbocycles. The number of hydrogen-bond acceptors (Lipinski definition) is 3. The Morgan fingerprint density at radius 3 is 2.45 bits per heavy atom. The maximum atomic E-state index is 12.7. The molecule has 0 aromatic heterocycles. The number of piperidine rings is 1. The number of likely N-dealkylation sites (tertiary alicyclic amines) is 3. The molecule has 0 radical (unpaired) electrons. The fraction of sp³-hybridized carbons (Fsp3) is 0.882. The number of amides is 2. The molecule has 3 fully saturated rings. The third-order valence-electron chi connectivity index (χ3n) is 6.10. The van der Waals surface area contributed by atoms with Crippen LogP contribution < -0.4 is 0 Å². The van der Waals surface area contributed by atoms with Gasteiger partial charge in [-0.3, -0.25) is 9.59 Å². The molecule has 0 aromatic carbocycles. The molecule has 0 N–H and O–H groups in total. The van der Waals surface area contributed by atoms with Crippen molar-refractivity contribution in [2.75, 3.05) is 39.8 Å². The Morgan fingerprint density at radius 1 is 1.27 bits per heavy atom. The standard InChI is InChI=1S/C17H29N3O2/c1-12(2)9-19-10-14-15(11-19)17(18(4)16(14)22)5-7-20(8-6-17)13(3)21/h12,14-15H,5-11H2,1-4H3/t14-,15+/m1/s1. The van der Waals surface area contributed by atoms with Crippen LogP contribution >= 0.6 is 0 Å². The molecule has 3 aliphatic heterocycles. The van der Waals surface area contributed by atoms with E-state index >= 15 is 0 Å². The van der Waals surface area contributed by atoms with Gasteiger partial charge in [-0.25, -0.2) is 0 Å². The molecule has 3 saturated heterocycles. The van der Waals surface area contributed by atoms with E-state index in [1.54, 1.807) is 6.92 Å². The molecular weight excluding hydrogens is 278 g/mol. The first-order valence-corrected chi connectivity index (χ1v) is 8.60. The van der Waals surface area contributed by atoms with E-state index in [4.69, 9.17) is 0 Å². The van der Waals surface area contributed by atoms with E-state index in [9.17, 15) is 9.59 Å². The lowest BCUT2D eigenvalue weighted by molar-refractivity contribution is -0.136. The predicted octanol–water partition coefficient (Wildman–Crippen LogP) is 1.04. The average Bonchev–Trinajstić information content (AvgIpc) is 2.95. The second-order valence-electron chi connectivity index (χ2n) is 7.83. The fourth-order valence-corrected chi connectivity index (χ4v) is 4.98. The molecule has 22 heavy (non-hydrogen) atoms. The first kappa shape index (κ1) is 15.8. The summed E-state index contributed by atoms with van der Waals surface area (Å²) in [6.07, 6.45) is 1.87. The summed E-state index contributed by atoms with van der Waals surface area (Å²) in [4.78, 5) is 30.8. The van der Waals surface area contributed by atoms with Crippen molar-refractivity contribution in [3.8, 4) is 0 Å². The molecule has 2 atom stereocenters. The Bertz CT molecular complexity index is 469. The number of nitrogens with zero attached hydrogens (tertiary/aromatic N) is 3. The van der Waals surface area contributed by atoms with Crippen LogP contribution in [0, 0.1) is 17.8 Å². The van der Waals surface area contributed by atoms with Crippen molar-refractivity contribution in [3.05, 3.63) is 0 Å². The largest absolute Gasteiger partial charge is 0.343 e. The summed E-state index contributed by atoms with van der Waals surface area (Å²) < 4.78 is 0. The number of hydrogen-bond donors (Lipinski definition) is 0. The van der Waals surface area contributed by atoms with Gasteiger partial charge in [0.1, 0.15) is 0 Å². The molecule has 3 aliphatic rings. The van der Waals surface area contributed by atoms with Crippen LogP contribution in [0.4, 0.5) is 0 Å². The molecule has 5 heteroatoms. The van der Waals surface area contributed by atoms with E-state index in [2.05, 4.69) is 18.7 Å². The summed E-state index contributed by atoms with van der Waals surface area (Å²) in [6.45, 7) is 10.8. The molecule has 124 valence electrons. The van der Waals surface area contributed by atoms with Crippen molar-refractivity contribution >= 4 is 11.8 Å². The molecular formula is C17H29N3O2. The highest BCUT2D eigenvalue weighted by Gasteiger charge is 2.60. The van der Waals surface area contributed by atoms with Gasteiger partial charge in [0.2, 0.25) is 11.8 Å². The van der Waals surface area contributed by atoms with Gasteiger partial charge in [-0.05, 0) is 18.8 Å². The SMILES string of the molecule is CC(=O)N1CCC2(CC1)[C@H]1CN(CC(C)C)C[C@H]1C(=O)N2C. The Balaban J connectivity index is 1.77. The molecule has 0 saturated carbocycles. The van der Waals surface area contributed by atoms with Crippen LogP contribution in [0.5, 0.6) is 0 Å². The molecule has 0 aromatic rings. The highest BCUT2D eigenvalue weighted by molar-refractivity contribution is 5.83. The van der Waals surface area contributed by atoms with Crippen LogP contribution in [-0.4, -0.2) is 71.8 Å². The summed E-state index contributed by atoms with van der Waals surface area (Å²) in [5.41, 5.74) is -0.0145. The fourth-order valence-electron chi connectivity index (χ4n) is 4.98. The van der Waals surface area contributed by atoms with Gasteiger partial charge in [0.05, 0.1) is 11.5 Å². The van der Waals surface area contributed by atoms with Gasteiger partial charge in [0.15, 0.2) is 0 Å². The van der Waals surface area contributed by atoms with Gasteiger partial charge >= 0.3 is 0 Å². The lowest BCUT2D eigenvalue weighted by Gasteiger charge is -2.46. The molecule has 3 rings (SSSR count). The van der Waals surface area contributed by atoms with Crippen LogP contribution in [0.3, 0.4) is 0 Å². The minimum absolute atomic E-state index is 0.0145. The van der Waals surface area contributed by atoms with E-state index < -0.39 is 0 Å². The van der Waals surface area contributed by atoms with Gasteiger partial charge in [0.25, 0.3) is 0 Å². The predicted molar refractivity (Wildman–Crippen MR) is 85.2 cm³/mol. The zero-order chi connectivity index (χ0) is 16.1. The summed E-state index contributed by atoms with van der Waals surface area (Å²) in [5, 5.41) is 0. The topological polar surface area (TPSA) is 43.9 Å². The minimum atomic E-state index is -0.0145. The van der Waals surface area contributed by atoms with Crippen molar-refractivity contribution in [2.24, 2.45) is 17.8 Å². The zero-order valence-electron chi connectivity index (χ0n) is 14.3. The van der Waals surface area contributed by atoms with Crippen LogP contribution in [0.2, 0.25) is 0 Å². The Hall–Kier alpha value is -1.10. The van der Waals surface area contributed by atoms with Gasteiger partial charge in [-0.1, -0.05) is 13.8 Å². The van der Waals surface area contributed by atoms with Gasteiger partial charge < -0.3 is 14.7 Å². The highest BCUT2D eigenvalue weighted by atomic mass is 16.2. The minimum Gasteiger partial charge on any atom is -0.343 e. The van der Waals surface area contributed by atoms with Gasteiger partial charge in [-0.2, -0.15) is 0 Å². The van der Waals surface area contributed by atoms with Crippen LogP contribution in [0.25, 0.3) is 0 Å². The summed E-state index contributed by atoms with van der Waals surface area (Å²) >= 11 is 0. The van der Waals surface area contributed by atoms with E-state index in [1.165, 1.54) is 0 Å². The quantitative estimate of drug-likeness (QED) is 0.766. The number of rotatable bonds is 2. The number of carbonyl (C=O) groups is 2. The highest BCUT2D eigenvalue weighted by Crippen LogP contribution is 2.48. The Morgan fingerprint density at radius 2 is 1.91 bits per heavy atom. The molecule has 5 nitrogen and oxygen atoms in total. The second kappa shape index (κ2) is 5.52. The number of carbonyl (C=O) groups excluding carboxylic acids is 2. The monoisotopic (exact) mass is 307 g/mol. The molecule has 2 amide bonds. The van der Waals surface area contributed by atoms with Crippen molar-refractivity contribution in [3.63, 3.8) is 0 Å².